The van der Waals surface area contributed by atoms with Crippen LogP contribution in [0.3, 0.4) is 0 Å². The summed E-state index contributed by atoms with van der Waals surface area (Å²) < 4.78 is 10.3. The van der Waals surface area contributed by atoms with E-state index in [-0.39, 0.29) is 5.91 Å². The zero-order chi connectivity index (χ0) is 11.6. The molecule has 1 fully saturated rings. The molecule has 1 heterocycles. The van der Waals surface area contributed by atoms with E-state index in [1.165, 1.54) is 0 Å². The number of carbonyl (C=O) groups is 1. The normalized spacial score (nSPS) is 20.1. The summed E-state index contributed by atoms with van der Waals surface area (Å²) in [6.07, 6.45) is 2.55. The smallest absolute Gasteiger partial charge is 0.220 e. The highest BCUT2D eigenvalue weighted by molar-refractivity contribution is 5.78. The van der Waals surface area contributed by atoms with Crippen LogP contribution < -0.4 is 10.6 Å². The average molecular weight is 230 g/mol. The zero-order valence-corrected chi connectivity index (χ0v) is 9.96. The van der Waals surface area contributed by atoms with Crippen LogP contribution >= 0.6 is 0 Å². The second-order valence-electron chi connectivity index (χ2n) is 3.97. The maximum absolute atomic E-state index is 10.9. The number of nitrogens with one attached hydrogen (secondary N) is 2. The van der Waals surface area contributed by atoms with E-state index in [4.69, 9.17) is 9.47 Å². The number of amides is 1. The van der Waals surface area contributed by atoms with Gasteiger partial charge in [0.2, 0.25) is 5.91 Å². The minimum Gasteiger partial charge on any atom is -0.385 e. The summed E-state index contributed by atoms with van der Waals surface area (Å²) in [6, 6.07) is 0.306. The first kappa shape index (κ1) is 13.4. The van der Waals surface area contributed by atoms with E-state index >= 15 is 0 Å². The zero-order valence-electron chi connectivity index (χ0n) is 9.96. The van der Waals surface area contributed by atoms with Gasteiger partial charge >= 0.3 is 0 Å². The lowest BCUT2D eigenvalue weighted by atomic mass is 10.2. The van der Waals surface area contributed by atoms with Crippen LogP contribution in [0.1, 0.15) is 19.3 Å². The van der Waals surface area contributed by atoms with E-state index in [0.29, 0.717) is 19.1 Å². The quantitative estimate of drug-likeness (QED) is 0.543. The number of carbonyl (C=O) groups excluding carboxylic acids is 1. The first-order valence-corrected chi connectivity index (χ1v) is 5.89. The highest BCUT2D eigenvalue weighted by Crippen LogP contribution is 2.04. The fourth-order valence-corrected chi connectivity index (χ4v) is 1.66. The third-order valence-electron chi connectivity index (χ3n) is 2.54. The highest BCUT2D eigenvalue weighted by atomic mass is 16.5. The molecule has 0 spiro atoms. The predicted molar refractivity (Wildman–Crippen MR) is 61.3 cm³/mol. The van der Waals surface area contributed by atoms with Crippen LogP contribution in [0.25, 0.3) is 0 Å². The molecule has 1 unspecified atom stereocenters. The molecule has 2 N–H and O–H groups in total. The molecule has 5 nitrogen and oxygen atoms in total. The van der Waals surface area contributed by atoms with Crippen molar-refractivity contribution in [3.05, 3.63) is 0 Å². The largest absolute Gasteiger partial charge is 0.385 e. The molecule has 1 rings (SSSR count). The van der Waals surface area contributed by atoms with Gasteiger partial charge in [0, 0.05) is 45.9 Å². The van der Waals surface area contributed by atoms with Crippen molar-refractivity contribution in [2.75, 3.05) is 40.0 Å². The lowest BCUT2D eigenvalue weighted by Crippen LogP contribution is -2.36. The Kier molecular flexibility index (Phi) is 7.12. The van der Waals surface area contributed by atoms with E-state index in [1.807, 2.05) is 0 Å². The van der Waals surface area contributed by atoms with Crippen molar-refractivity contribution in [1.82, 2.24) is 10.6 Å². The minimum atomic E-state index is 0.169. The maximum Gasteiger partial charge on any atom is 0.220 e. The Labute approximate surface area is 96.9 Å². The summed E-state index contributed by atoms with van der Waals surface area (Å²) in [6.45, 7) is 3.88. The van der Waals surface area contributed by atoms with Gasteiger partial charge in [0.05, 0.1) is 6.61 Å². The van der Waals surface area contributed by atoms with Gasteiger partial charge in [-0.3, -0.25) is 4.79 Å². The Morgan fingerprint density at radius 1 is 1.44 bits per heavy atom. The van der Waals surface area contributed by atoms with Crippen LogP contribution in [0.5, 0.6) is 0 Å². The Bertz CT molecular complexity index is 200. The standard InChI is InChI=1S/C11H22N2O3/c1-15-6-2-7-16-8-5-12-9-10-3-4-11(14)13-10/h10,12H,2-9H2,1H3,(H,13,14). The third kappa shape index (κ3) is 6.05. The fourth-order valence-electron chi connectivity index (χ4n) is 1.66. The summed E-state index contributed by atoms with van der Waals surface area (Å²) in [5, 5.41) is 6.18. The molecule has 16 heavy (non-hydrogen) atoms. The van der Waals surface area contributed by atoms with Crippen molar-refractivity contribution >= 4 is 5.91 Å². The number of hydrogen-bond acceptors (Lipinski definition) is 4. The molecule has 0 aliphatic carbocycles. The molecule has 0 saturated carbocycles. The van der Waals surface area contributed by atoms with Crippen LogP contribution in [0.15, 0.2) is 0 Å². The monoisotopic (exact) mass is 230 g/mol. The number of hydrogen-bond donors (Lipinski definition) is 2. The Hall–Kier alpha value is -0.650. The van der Waals surface area contributed by atoms with Gasteiger partial charge in [-0.25, -0.2) is 0 Å². The molecule has 1 aliphatic rings. The molecule has 1 aliphatic heterocycles. The van der Waals surface area contributed by atoms with Crippen molar-refractivity contribution in [2.24, 2.45) is 0 Å². The van der Waals surface area contributed by atoms with Gasteiger partial charge < -0.3 is 20.1 Å². The predicted octanol–water partition coefficient (Wildman–Crippen LogP) is -0.0923. The first-order chi connectivity index (χ1) is 7.83. The number of rotatable bonds is 9. The van der Waals surface area contributed by atoms with Gasteiger partial charge in [-0.05, 0) is 12.8 Å². The highest BCUT2D eigenvalue weighted by Gasteiger charge is 2.19. The first-order valence-electron chi connectivity index (χ1n) is 5.89. The molecule has 5 heteroatoms. The van der Waals surface area contributed by atoms with Gasteiger partial charge in [0.1, 0.15) is 0 Å². The van der Waals surface area contributed by atoms with Crippen LogP contribution in [0.4, 0.5) is 0 Å². The summed E-state index contributed by atoms with van der Waals surface area (Å²) >= 11 is 0. The van der Waals surface area contributed by atoms with Gasteiger partial charge in [-0.1, -0.05) is 0 Å². The SMILES string of the molecule is COCCCOCCNCC1CCC(=O)N1. The Morgan fingerprint density at radius 3 is 3.00 bits per heavy atom. The molecule has 0 bridgehead atoms. The second kappa shape index (κ2) is 8.50. The van der Waals surface area contributed by atoms with Crippen LogP contribution in [-0.2, 0) is 14.3 Å². The van der Waals surface area contributed by atoms with E-state index in [0.717, 1.165) is 39.1 Å². The molecule has 0 radical (unpaired) electrons. The molecular formula is C11H22N2O3. The lowest BCUT2D eigenvalue weighted by Gasteiger charge is -2.11. The van der Waals surface area contributed by atoms with Gasteiger partial charge in [0.25, 0.3) is 0 Å². The molecule has 1 amide bonds. The van der Waals surface area contributed by atoms with E-state index in [1.54, 1.807) is 7.11 Å². The topological polar surface area (TPSA) is 59.6 Å². The van der Waals surface area contributed by atoms with E-state index in [9.17, 15) is 4.79 Å². The van der Waals surface area contributed by atoms with Crippen LogP contribution in [0, 0.1) is 0 Å². The van der Waals surface area contributed by atoms with Gasteiger partial charge in [-0.2, -0.15) is 0 Å². The van der Waals surface area contributed by atoms with Crippen molar-refractivity contribution in [1.29, 1.82) is 0 Å². The molecule has 0 aromatic heterocycles. The molecule has 1 saturated heterocycles. The maximum atomic E-state index is 10.9. The van der Waals surface area contributed by atoms with Gasteiger partial charge in [-0.15, -0.1) is 0 Å². The molecule has 0 aromatic rings. The van der Waals surface area contributed by atoms with E-state index in [2.05, 4.69) is 10.6 Å². The third-order valence-corrected chi connectivity index (χ3v) is 2.54. The summed E-state index contributed by atoms with van der Waals surface area (Å²) in [5.74, 6) is 0.169. The minimum absolute atomic E-state index is 0.169. The van der Waals surface area contributed by atoms with Gasteiger partial charge in [0.15, 0.2) is 0 Å². The van der Waals surface area contributed by atoms with Crippen molar-refractivity contribution in [3.63, 3.8) is 0 Å². The summed E-state index contributed by atoms with van der Waals surface area (Å²) in [4.78, 5) is 10.9. The molecule has 94 valence electrons. The molecular weight excluding hydrogens is 208 g/mol. The molecule has 1 atom stereocenters. The van der Waals surface area contributed by atoms with E-state index < -0.39 is 0 Å². The Morgan fingerprint density at radius 2 is 2.31 bits per heavy atom. The number of methoxy groups -OCH3 is 1. The van der Waals surface area contributed by atoms with Crippen molar-refractivity contribution in [2.45, 2.75) is 25.3 Å². The van der Waals surface area contributed by atoms with Crippen LogP contribution in [-0.4, -0.2) is 52.0 Å². The Balaban J connectivity index is 1.79. The van der Waals surface area contributed by atoms with Crippen LogP contribution in [0.2, 0.25) is 0 Å². The lowest BCUT2D eigenvalue weighted by molar-refractivity contribution is -0.119. The second-order valence-corrected chi connectivity index (χ2v) is 3.97. The molecule has 0 aromatic carbocycles. The number of ether oxygens (including phenoxy) is 2. The summed E-state index contributed by atoms with van der Waals surface area (Å²) in [5.41, 5.74) is 0. The summed E-state index contributed by atoms with van der Waals surface area (Å²) in [7, 11) is 1.69. The van der Waals surface area contributed by atoms with Crippen molar-refractivity contribution in [3.8, 4) is 0 Å². The van der Waals surface area contributed by atoms with Crippen molar-refractivity contribution < 1.29 is 14.3 Å². The average Bonchev–Trinajstić information content (AvgIpc) is 2.68. The fraction of sp³-hybridized carbons (Fsp3) is 0.909.